The summed E-state index contributed by atoms with van der Waals surface area (Å²) < 4.78 is 14.1. The summed E-state index contributed by atoms with van der Waals surface area (Å²) in [5.41, 5.74) is 5.24. The number of para-hydroxylation sites is 1. The summed E-state index contributed by atoms with van der Waals surface area (Å²) in [7, 11) is 0. The summed E-state index contributed by atoms with van der Waals surface area (Å²) in [5.74, 6) is -0.510. The van der Waals surface area contributed by atoms with Gasteiger partial charge in [-0.3, -0.25) is 10.1 Å². The van der Waals surface area contributed by atoms with Crippen LogP contribution in [0.1, 0.15) is 34.3 Å². The van der Waals surface area contributed by atoms with Crippen LogP contribution < -0.4 is 10.6 Å². The molecule has 0 bridgehead atoms. The first-order valence-electron chi connectivity index (χ1n) is 11.7. The van der Waals surface area contributed by atoms with E-state index in [0.717, 1.165) is 34.2 Å². The van der Waals surface area contributed by atoms with E-state index in [4.69, 9.17) is 0 Å². The molecule has 1 aromatic heterocycles. The fourth-order valence-corrected chi connectivity index (χ4v) is 5.10. The van der Waals surface area contributed by atoms with Crippen molar-refractivity contribution in [2.24, 2.45) is 0 Å². The van der Waals surface area contributed by atoms with Gasteiger partial charge in [0.2, 0.25) is 0 Å². The molecule has 36 heavy (non-hydrogen) atoms. The maximum atomic E-state index is 13.1. The van der Waals surface area contributed by atoms with E-state index in [0.29, 0.717) is 29.5 Å². The average Bonchev–Trinajstić information content (AvgIpc) is 3.28. The van der Waals surface area contributed by atoms with Crippen molar-refractivity contribution in [3.63, 3.8) is 0 Å². The Kier molecular flexibility index (Phi) is 6.77. The molecular weight excluding hydrogens is 475 g/mol. The summed E-state index contributed by atoms with van der Waals surface area (Å²) in [6.07, 6.45) is 3.68. The highest BCUT2D eigenvalue weighted by Gasteiger charge is 2.19. The first-order valence-corrected chi connectivity index (χ1v) is 12.5. The van der Waals surface area contributed by atoms with E-state index in [1.54, 1.807) is 17.0 Å². The van der Waals surface area contributed by atoms with E-state index in [2.05, 4.69) is 21.7 Å². The Hall–Kier alpha value is -4.04. The zero-order valence-electron chi connectivity index (χ0n) is 19.8. The number of thiazole rings is 1. The highest BCUT2D eigenvalue weighted by atomic mass is 32.1. The molecule has 0 radical (unpaired) electrons. The lowest BCUT2D eigenvalue weighted by Crippen LogP contribution is -2.39. The number of piperidine rings is 1. The van der Waals surface area contributed by atoms with Crippen molar-refractivity contribution in [3.05, 3.63) is 94.8 Å². The number of hydrogen-bond donors (Lipinski definition) is 2. The molecule has 5 rings (SSSR count). The number of aromatic nitrogens is 1. The molecule has 8 heteroatoms. The third-order valence-electron chi connectivity index (χ3n) is 6.17. The van der Waals surface area contributed by atoms with Gasteiger partial charge in [0.05, 0.1) is 10.2 Å². The molecule has 1 aliphatic rings. The Morgan fingerprint density at radius 2 is 1.75 bits per heavy atom. The van der Waals surface area contributed by atoms with Gasteiger partial charge in [-0.05, 0) is 73.4 Å². The number of nitrogens with zero attached hydrogens (tertiary/aromatic N) is 2. The second-order valence-electron chi connectivity index (χ2n) is 8.74. The molecule has 1 saturated heterocycles. The van der Waals surface area contributed by atoms with Crippen molar-refractivity contribution >= 4 is 50.4 Å². The summed E-state index contributed by atoms with van der Waals surface area (Å²) in [6.45, 7) is 3.15. The third-order valence-corrected chi connectivity index (χ3v) is 7.12. The van der Waals surface area contributed by atoms with Crippen molar-refractivity contribution in [1.29, 1.82) is 0 Å². The lowest BCUT2D eigenvalue weighted by Gasteiger charge is -2.28. The zero-order chi connectivity index (χ0) is 25.1. The van der Waals surface area contributed by atoms with E-state index in [-0.39, 0.29) is 17.8 Å². The van der Waals surface area contributed by atoms with Crippen LogP contribution in [0.5, 0.6) is 0 Å². The Labute approximate surface area is 212 Å². The minimum absolute atomic E-state index is 0.175. The minimum atomic E-state index is -0.335. The molecule has 2 heterocycles. The second-order valence-corrected chi connectivity index (χ2v) is 9.77. The smallest absolute Gasteiger partial charge is 0.321 e. The van der Waals surface area contributed by atoms with Gasteiger partial charge in [0.25, 0.3) is 5.91 Å². The van der Waals surface area contributed by atoms with E-state index in [1.165, 1.54) is 29.0 Å². The number of carbonyl (C=O) groups is 2. The van der Waals surface area contributed by atoms with Crippen LogP contribution in [0.2, 0.25) is 0 Å². The summed E-state index contributed by atoms with van der Waals surface area (Å²) in [6, 6.07) is 19.2. The number of likely N-dealkylation sites (tertiary alicyclic amines) is 1. The van der Waals surface area contributed by atoms with Crippen LogP contribution in [-0.2, 0) is 0 Å². The van der Waals surface area contributed by atoms with E-state index in [9.17, 15) is 14.0 Å². The monoisotopic (exact) mass is 500 g/mol. The van der Waals surface area contributed by atoms with Crippen LogP contribution in [0, 0.1) is 12.7 Å². The van der Waals surface area contributed by atoms with E-state index in [1.807, 2.05) is 49.4 Å². The molecule has 0 spiro atoms. The Morgan fingerprint density at radius 3 is 2.47 bits per heavy atom. The van der Waals surface area contributed by atoms with E-state index >= 15 is 0 Å². The van der Waals surface area contributed by atoms with Crippen LogP contribution in [0.15, 0.2) is 72.3 Å². The van der Waals surface area contributed by atoms with Gasteiger partial charge in [-0.1, -0.05) is 47.3 Å². The van der Waals surface area contributed by atoms with Crippen molar-refractivity contribution in [2.45, 2.75) is 19.8 Å². The van der Waals surface area contributed by atoms with Crippen LogP contribution in [0.3, 0.4) is 0 Å². The standard InChI is InChI=1S/C28H25FN4O2S/c1-18-16-20(6-11-23(18)26(34)32-27-31-24-4-2-3-5-25(24)36-27)17-19-12-14-33(15-13-19)28(35)30-22-9-7-21(29)8-10-22/h2-11,16-17H,12-15H2,1H3,(H,30,35)(H,31,32,34). The summed E-state index contributed by atoms with van der Waals surface area (Å²) in [4.78, 5) is 31.6. The zero-order valence-corrected chi connectivity index (χ0v) is 20.6. The van der Waals surface area contributed by atoms with Gasteiger partial charge in [-0.15, -0.1) is 0 Å². The molecule has 3 amide bonds. The van der Waals surface area contributed by atoms with Gasteiger partial charge in [-0.2, -0.15) is 0 Å². The molecule has 0 atom stereocenters. The Balaban J connectivity index is 1.19. The van der Waals surface area contributed by atoms with Crippen molar-refractivity contribution < 1.29 is 14.0 Å². The maximum Gasteiger partial charge on any atom is 0.321 e. The second kappa shape index (κ2) is 10.3. The van der Waals surface area contributed by atoms with Crippen molar-refractivity contribution in [2.75, 3.05) is 23.7 Å². The first kappa shape index (κ1) is 23.7. The van der Waals surface area contributed by atoms with Crippen LogP contribution in [0.25, 0.3) is 16.3 Å². The first-order chi connectivity index (χ1) is 17.4. The number of anilines is 2. The number of fused-ring (bicyclic) bond motifs is 1. The van der Waals surface area contributed by atoms with Crippen LogP contribution in [0.4, 0.5) is 20.0 Å². The van der Waals surface area contributed by atoms with Gasteiger partial charge < -0.3 is 10.2 Å². The highest BCUT2D eigenvalue weighted by molar-refractivity contribution is 7.22. The lowest BCUT2D eigenvalue weighted by atomic mass is 9.98. The van der Waals surface area contributed by atoms with Crippen molar-refractivity contribution in [1.82, 2.24) is 9.88 Å². The Morgan fingerprint density at radius 1 is 1.00 bits per heavy atom. The topological polar surface area (TPSA) is 74.3 Å². The third kappa shape index (κ3) is 5.44. The molecule has 6 nitrogen and oxygen atoms in total. The van der Waals surface area contributed by atoms with Crippen LogP contribution >= 0.6 is 11.3 Å². The predicted octanol–water partition coefficient (Wildman–Crippen LogP) is 6.71. The van der Waals surface area contributed by atoms with Gasteiger partial charge >= 0.3 is 6.03 Å². The number of benzene rings is 3. The number of amides is 3. The number of halogens is 1. The molecule has 182 valence electrons. The lowest BCUT2D eigenvalue weighted by molar-refractivity contribution is 0.102. The SMILES string of the molecule is Cc1cc(C=C2CCN(C(=O)Nc3ccc(F)cc3)CC2)ccc1C(=O)Nc1nc2ccccc2s1. The predicted molar refractivity (Wildman–Crippen MR) is 143 cm³/mol. The molecule has 1 aliphatic heterocycles. The highest BCUT2D eigenvalue weighted by Crippen LogP contribution is 2.27. The molecular formula is C28H25FN4O2S. The summed E-state index contributed by atoms with van der Waals surface area (Å²) >= 11 is 1.46. The number of carbonyl (C=O) groups excluding carboxylic acids is 2. The summed E-state index contributed by atoms with van der Waals surface area (Å²) in [5, 5.41) is 6.31. The molecule has 4 aromatic rings. The largest absolute Gasteiger partial charge is 0.324 e. The van der Waals surface area contributed by atoms with Gasteiger partial charge in [-0.25, -0.2) is 14.2 Å². The van der Waals surface area contributed by atoms with E-state index < -0.39 is 0 Å². The molecule has 3 aromatic carbocycles. The van der Waals surface area contributed by atoms with Crippen LogP contribution in [-0.4, -0.2) is 34.9 Å². The minimum Gasteiger partial charge on any atom is -0.324 e. The molecule has 0 unspecified atom stereocenters. The fraction of sp³-hybridized carbons (Fsp3) is 0.179. The number of urea groups is 1. The number of hydrogen-bond acceptors (Lipinski definition) is 4. The number of rotatable bonds is 4. The Bertz CT molecular complexity index is 1420. The molecule has 2 N–H and O–H groups in total. The average molecular weight is 501 g/mol. The van der Waals surface area contributed by atoms with Gasteiger partial charge in [0.15, 0.2) is 5.13 Å². The number of aryl methyl sites for hydroxylation is 1. The quantitative estimate of drug-likeness (QED) is 0.327. The molecule has 0 aliphatic carbocycles. The number of nitrogens with one attached hydrogen (secondary N) is 2. The van der Waals surface area contributed by atoms with Gasteiger partial charge in [0.1, 0.15) is 5.82 Å². The van der Waals surface area contributed by atoms with Gasteiger partial charge in [0, 0.05) is 24.3 Å². The molecule has 1 fully saturated rings. The van der Waals surface area contributed by atoms with Crippen molar-refractivity contribution in [3.8, 4) is 0 Å². The maximum absolute atomic E-state index is 13.1. The fourth-order valence-electron chi connectivity index (χ4n) is 4.23. The molecule has 0 saturated carbocycles. The normalized spacial score (nSPS) is 13.5.